The van der Waals surface area contributed by atoms with E-state index in [1.807, 2.05) is 23.7 Å². The number of nitrogens with zero attached hydrogens (tertiary/aromatic N) is 8. The third-order valence-corrected chi connectivity index (χ3v) is 8.47. The maximum atomic E-state index is 13.2. The van der Waals surface area contributed by atoms with E-state index in [-0.39, 0.29) is 4.90 Å². The van der Waals surface area contributed by atoms with E-state index in [9.17, 15) is 8.42 Å². The third kappa shape index (κ3) is 3.75. The number of pyridine rings is 1. The molecule has 0 unspecified atom stereocenters. The lowest BCUT2D eigenvalue weighted by Crippen LogP contribution is -2.49. The van der Waals surface area contributed by atoms with Gasteiger partial charge in [0.1, 0.15) is 15.9 Å². The molecule has 13 heteroatoms. The number of hydrogen-bond donors (Lipinski definition) is 0. The summed E-state index contributed by atoms with van der Waals surface area (Å²) in [6, 6.07) is 8.86. The maximum Gasteiger partial charge on any atom is 0.245 e. The molecule has 0 N–H and O–H groups in total. The van der Waals surface area contributed by atoms with E-state index in [4.69, 9.17) is 12.2 Å². The zero-order valence-electron chi connectivity index (χ0n) is 17.2. The summed E-state index contributed by atoms with van der Waals surface area (Å²) in [5, 5.41) is 4.68. The average molecular weight is 489 g/mol. The molecule has 10 nitrogen and oxygen atoms in total. The molecule has 32 heavy (non-hydrogen) atoms. The van der Waals surface area contributed by atoms with Gasteiger partial charge in [-0.3, -0.25) is 9.88 Å². The van der Waals surface area contributed by atoms with Gasteiger partial charge in [0.05, 0.1) is 18.4 Å². The van der Waals surface area contributed by atoms with E-state index in [0.717, 1.165) is 23.1 Å². The van der Waals surface area contributed by atoms with Crippen molar-refractivity contribution in [1.82, 2.24) is 37.3 Å². The van der Waals surface area contributed by atoms with Crippen LogP contribution < -0.4 is 0 Å². The zero-order chi connectivity index (χ0) is 22.3. The van der Waals surface area contributed by atoms with E-state index in [1.165, 1.54) is 4.31 Å². The Hall–Kier alpha value is -2.58. The van der Waals surface area contributed by atoms with Crippen LogP contribution in [0.15, 0.2) is 47.6 Å². The summed E-state index contributed by atoms with van der Waals surface area (Å²) in [6.07, 6.45) is 3.44. The summed E-state index contributed by atoms with van der Waals surface area (Å²) >= 11 is 6.59. The summed E-state index contributed by atoms with van der Waals surface area (Å²) in [4.78, 5) is 6.41. The van der Waals surface area contributed by atoms with Gasteiger partial charge >= 0.3 is 0 Å². The lowest BCUT2D eigenvalue weighted by atomic mass is 10.2. The molecule has 1 aliphatic heterocycles. The smallest absolute Gasteiger partial charge is 0.245 e. The lowest BCUT2D eigenvalue weighted by molar-refractivity contribution is 0.144. The van der Waals surface area contributed by atoms with Crippen LogP contribution in [0.1, 0.15) is 0 Å². The predicted molar refractivity (Wildman–Crippen MR) is 123 cm³/mol. The van der Waals surface area contributed by atoms with Gasteiger partial charge < -0.3 is 4.57 Å². The first kappa shape index (κ1) is 21.3. The van der Waals surface area contributed by atoms with E-state index >= 15 is 0 Å². The van der Waals surface area contributed by atoms with Gasteiger partial charge in [0.15, 0.2) is 10.6 Å². The van der Waals surface area contributed by atoms with Gasteiger partial charge in [0, 0.05) is 51.2 Å². The molecule has 0 bridgehead atoms. The van der Waals surface area contributed by atoms with Crippen molar-refractivity contribution >= 4 is 45.0 Å². The van der Waals surface area contributed by atoms with E-state index in [0.29, 0.717) is 48.7 Å². The second-order valence-corrected chi connectivity index (χ2v) is 10.3. The van der Waals surface area contributed by atoms with Crippen molar-refractivity contribution in [2.75, 3.05) is 26.2 Å². The van der Waals surface area contributed by atoms with Gasteiger partial charge in [0.2, 0.25) is 10.0 Å². The Morgan fingerprint density at radius 3 is 2.56 bits per heavy atom. The molecule has 1 aliphatic rings. The first-order valence-corrected chi connectivity index (χ1v) is 12.5. The molecule has 4 aromatic rings. The highest BCUT2D eigenvalue weighted by atomic mass is 32.2. The highest BCUT2D eigenvalue weighted by Crippen LogP contribution is 2.25. The zero-order valence-corrected chi connectivity index (χ0v) is 19.6. The fourth-order valence-corrected chi connectivity index (χ4v) is 6.12. The first-order chi connectivity index (χ1) is 15.4. The van der Waals surface area contributed by atoms with Crippen molar-refractivity contribution in [3.8, 4) is 11.4 Å². The van der Waals surface area contributed by atoms with Crippen LogP contribution in [0.5, 0.6) is 0 Å². The van der Waals surface area contributed by atoms with Crippen LogP contribution >= 0.6 is 23.9 Å². The quantitative estimate of drug-likeness (QED) is 0.393. The van der Waals surface area contributed by atoms with E-state index < -0.39 is 10.0 Å². The minimum Gasteiger partial charge on any atom is -0.303 e. The van der Waals surface area contributed by atoms with Crippen LogP contribution in [-0.4, -0.2) is 71.9 Å². The topological polar surface area (TPSA) is 102 Å². The molecule has 166 valence electrons. The van der Waals surface area contributed by atoms with Gasteiger partial charge in [-0.05, 0) is 36.5 Å². The maximum absolute atomic E-state index is 13.2. The van der Waals surface area contributed by atoms with Crippen LogP contribution in [0.4, 0.5) is 0 Å². The fourth-order valence-electron chi connectivity index (χ4n) is 3.76. The second-order valence-electron chi connectivity index (χ2n) is 7.45. The van der Waals surface area contributed by atoms with Gasteiger partial charge in [-0.15, -0.1) is 0 Å². The van der Waals surface area contributed by atoms with Crippen LogP contribution in [-0.2, 0) is 23.7 Å². The molecule has 1 fully saturated rings. The Bertz CT molecular complexity index is 1420. The van der Waals surface area contributed by atoms with Gasteiger partial charge in [0.25, 0.3) is 0 Å². The van der Waals surface area contributed by atoms with Crippen LogP contribution in [0, 0.1) is 4.77 Å². The molecule has 0 saturated carbocycles. The van der Waals surface area contributed by atoms with Gasteiger partial charge in [-0.2, -0.15) is 18.2 Å². The molecule has 1 saturated heterocycles. The second kappa shape index (κ2) is 8.41. The largest absolute Gasteiger partial charge is 0.303 e. The molecule has 5 rings (SSSR count). The highest BCUT2D eigenvalue weighted by Gasteiger charge is 2.31. The van der Waals surface area contributed by atoms with Crippen LogP contribution in [0.2, 0.25) is 0 Å². The number of piperazine rings is 1. The van der Waals surface area contributed by atoms with E-state index in [1.54, 1.807) is 35.3 Å². The number of hydrogen-bond acceptors (Lipinski definition) is 9. The fraction of sp³-hybridized carbons (Fsp3) is 0.316. The van der Waals surface area contributed by atoms with Crippen LogP contribution in [0.3, 0.4) is 0 Å². The summed E-state index contributed by atoms with van der Waals surface area (Å²) < 4.78 is 40.5. The molecule has 1 aromatic carbocycles. The molecule has 0 atom stereocenters. The number of benzene rings is 1. The summed E-state index contributed by atoms with van der Waals surface area (Å²) in [7, 11) is -1.75. The van der Waals surface area contributed by atoms with Crippen molar-refractivity contribution in [2.45, 2.75) is 11.6 Å². The van der Waals surface area contributed by atoms with Gasteiger partial charge in [-0.25, -0.2) is 13.1 Å². The molecule has 3 aromatic heterocycles. The predicted octanol–water partition coefficient (Wildman–Crippen LogP) is 1.98. The highest BCUT2D eigenvalue weighted by molar-refractivity contribution is 7.89. The van der Waals surface area contributed by atoms with Crippen molar-refractivity contribution < 1.29 is 8.42 Å². The molecule has 0 radical (unpaired) electrons. The standard InChI is InChI=1S/C19H20N8O2S3/c1-24-18(14-5-7-20-8-6-14)21-27(19(24)30)13-25-9-11-26(12-10-25)32(28,29)16-4-2-3-15-17(16)23-31-22-15/h2-8H,9-13H2,1H3. The van der Waals surface area contributed by atoms with Crippen LogP contribution in [0.25, 0.3) is 22.4 Å². The molecular weight excluding hydrogens is 468 g/mol. The molecular formula is C19H20N8O2S3. The lowest BCUT2D eigenvalue weighted by Gasteiger charge is -2.33. The summed E-state index contributed by atoms with van der Waals surface area (Å²) in [5.74, 6) is 0.767. The average Bonchev–Trinajstić information content (AvgIpc) is 3.40. The Morgan fingerprint density at radius 1 is 1.06 bits per heavy atom. The Labute approximate surface area is 194 Å². The third-order valence-electron chi connectivity index (χ3n) is 5.51. The van der Waals surface area contributed by atoms with Crippen molar-refractivity contribution in [3.63, 3.8) is 0 Å². The van der Waals surface area contributed by atoms with Crippen molar-refractivity contribution in [3.05, 3.63) is 47.5 Å². The van der Waals surface area contributed by atoms with Crippen molar-refractivity contribution in [1.29, 1.82) is 0 Å². The Kier molecular flexibility index (Phi) is 5.59. The number of aromatic nitrogens is 6. The monoisotopic (exact) mass is 488 g/mol. The Balaban J connectivity index is 1.31. The summed E-state index contributed by atoms with van der Waals surface area (Å²) in [5.41, 5.74) is 1.97. The summed E-state index contributed by atoms with van der Waals surface area (Å²) in [6.45, 7) is 2.42. The SMILES string of the molecule is Cn1c(-c2ccncc2)nn(CN2CCN(S(=O)(=O)c3cccc4nsnc34)CC2)c1=S. The minimum atomic E-state index is -3.64. The molecule has 0 aliphatic carbocycles. The van der Waals surface area contributed by atoms with E-state index in [2.05, 4.69) is 23.7 Å². The first-order valence-electron chi connectivity index (χ1n) is 9.93. The molecule has 0 amide bonds. The van der Waals surface area contributed by atoms with Gasteiger partial charge in [-0.1, -0.05) is 6.07 Å². The molecule has 0 spiro atoms. The minimum absolute atomic E-state index is 0.214. The number of fused-ring (bicyclic) bond motifs is 1. The normalized spacial score (nSPS) is 16.0. The Morgan fingerprint density at radius 2 is 1.81 bits per heavy atom. The number of rotatable bonds is 5. The molecule has 4 heterocycles. The number of sulfonamides is 1. The van der Waals surface area contributed by atoms with Crippen molar-refractivity contribution in [2.24, 2.45) is 7.05 Å².